The van der Waals surface area contributed by atoms with Crippen LogP contribution >= 0.6 is 0 Å². The fourth-order valence-electron chi connectivity index (χ4n) is 8.11. The summed E-state index contributed by atoms with van der Waals surface area (Å²) in [6, 6.07) is 15.5. The van der Waals surface area contributed by atoms with Gasteiger partial charge in [0, 0.05) is 90.1 Å². The molecule has 9 nitrogen and oxygen atoms in total. The van der Waals surface area contributed by atoms with Crippen LogP contribution in [0.5, 0.6) is 0 Å². The Morgan fingerprint density at radius 1 is 0.896 bits per heavy atom. The minimum absolute atomic E-state index is 0.0593. The number of carbonyl (C=O) groups is 3. The molecule has 0 unspecified atom stereocenters. The van der Waals surface area contributed by atoms with Crippen LogP contribution in [0.4, 0.5) is 5.69 Å². The maximum atomic E-state index is 14.2. The van der Waals surface area contributed by atoms with Gasteiger partial charge in [0.2, 0.25) is 18.2 Å². The van der Waals surface area contributed by atoms with E-state index in [9.17, 15) is 14.4 Å². The number of nitrogens with zero attached hydrogens (tertiary/aromatic N) is 4. The van der Waals surface area contributed by atoms with E-state index in [0.717, 1.165) is 102 Å². The smallest absolute Gasteiger partial charge is 0.226 e. The van der Waals surface area contributed by atoms with Crippen LogP contribution in [0, 0.1) is 5.92 Å². The highest BCUT2D eigenvalue weighted by Crippen LogP contribution is 2.26. The molecule has 3 aliphatic rings. The minimum Gasteiger partial charge on any atom is -0.388 e. The number of aryl methyl sites for hydroxylation is 2. The molecular formula is C39H58N6O3. The van der Waals surface area contributed by atoms with Crippen molar-refractivity contribution in [2.75, 3.05) is 71.3 Å². The largest absolute Gasteiger partial charge is 0.388 e. The van der Waals surface area contributed by atoms with Gasteiger partial charge in [-0.25, -0.2) is 0 Å². The van der Waals surface area contributed by atoms with E-state index in [-0.39, 0.29) is 30.2 Å². The summed E-state index contributed by atoms with van der Waals surface area (Å²) in [6.45, 7) is 12.0. The maximum absolute atomic E-state index is 14.2. The number of hydrogen-bond acceptors (Lipinski definition) is 6. The van der Waals surface area contributed by atoms with Gasteiger partial charge in [-0.2, -0.15) is 0 Å². The third-order valence-corrected chi connectivity index (χ3v) is 11.1. The predicted octanol–water partition coefficient (Wildman–Crippen LogP) is 3.99. The average molecular weight is 659 g/mol. The molecule has 0 aromatic heterocycles. The number of nitrogens with one attached hydrogen (secondary N) is 2. The van der Waals surface area contributed by atoms with E-state index < -0.39 is 0 Å². The topological polar surface area (TPSA) is 88.2 Å². The number of amides is 3. The van der Waals surface area contributed by atoms with Gasteiger partial charge in [0.1, 0.15) is 0 Å². The quantitative estimate of drug-likeness (QED) is 0.299. The fraction of sp³-hybridized carbons (Fsp3) is 0.615. The molecule has 2 aromatic carbocycles. The molecule has 262 valence electrons. The molecule has 2 N–H and O–H groups in total. The van der Waals surface area contributed by atoms with Gasteiger partial charge in [0.25, 0.3) is 0 Å². The number of anilines is 1. The molecule has 0 saturated carbocycles. The van der Waals surface area contributed by atoms with E-state index in [1.165, 1.54) is 16.7 Å². The van der Waals surface area contributed by atoms with Crippen molar-refractivity contribution in [3.8, 4) is 0 Å². The lowest BCUT2D eigenvalue weighted by molar-refractivity contribution is -0.143. The Labute approximate surface area is 288 Å². The SMILES string of the molecule is CCc1ccc(C[C@@H](CC(=O)N2CCC(N(C=O)CCc3ccccc3NC)CC2)C(=O)N2CCC(N3CCNCC3)CC2)cc1CC. The van der Waals surface area contributed by atoms with Gasteiger partial charge in [-0.15, -0.1) is 0 Å². The van der Waals surface area contributed by atoms with E-state index in [1.54, 1.807) is 0 Å². The number of rotatable bonds is 14. The molecule has 48 heavy (non-hydrogen) atoms. The first-order valence-corrected chi connectivity index (χ1v) is 18.5. The molecule has 3 aliphatic heterocycles. The molecule has 1 atom stereocenters. The summed E-state index contributed by atoms with van der Waals surface area (Å²) in [5.74, 6) is -0.186. The normalized spacial score (nSPS) is 18.8. The molecule has 0 aliphatic carbocycles. The van der Waals surface area contributed by atoms with E-state index >= 15 is 0 Å². The molecular weight excluding hydrogens is 600 g/mol. The highest BCUT2D eigenvalue weighted by Gasteiger charge is 2.34. The molecule has 3 saturated heterocycles. The van der Waals surface area contributed by atoms with Gasteiger partial charge in [-0.1, -0.05) is 50.2 Å². The second-order valence-electron chi connectivity index (χ2n) is 13.9. The summed E-state index contributed by atoms with van der Waals surface area (Å²) in [4.78, 5) is 48.6. The standard InChI is InChI=1S/C39H58N6O3/c1-4-31-11-10-30(26-32(31)5-2)27-34(39(48)44-22-15-35(16-23-44)42-24-17-41-18-25-42)28-38(47)43-20-13-36(14-21-43)45(29-46)19-12-33-8-6-7-9-37(33)40-3/h6-11,26,29,34-36,40-41H,4-5,12-25,27-28H2,1-3H3/t34-/m0/s1. The number of likely N-dealkylation sites (tertiary alicyclic amines) is 2. The van der Waals surface area contributed by atoms with Crippen molar-refractivity contribution in [2.24, 2.45) is 5.92 Å². The monoisotopic (exact) mass is 658 g/mol. The Kier molecular flexibility index (Phi) is 13.3. The van der Waals surface area contributed by atoms with Crippen LogP contribution in [0.25, 0.3) is 0 Å². The number of piperazine rings is 1. The Morgan fingerprint density at radius 2 is 1.58 bits per heavy atom. The first-order valence-electron chi connectivity index (χ1n) is 18.5. The Hall–Kier alpha value is -3.43. The molecule has 3 amide bonds. The average Bonchev–Trinajstić information content (AvgIpc) is 3.15. The van der Waals surface area contributed by atoms with Crippen molar-refractivity contribution in [2.45, 2.75) is 83.7 Å². The molecule has 9 heteroatoms. The number of para-hydroxylation sites is 1. The van der Waals surface area contributed by atoms with Gasteiger partial charge in [0.05, 0.1) is 5.92 Å². The maximum Gasteiger partial charge on any atom is 0.226 e. The number of piperidine rings is 2. The molecule has 3 fully saturated rings. The van der Waals surface area contributed by atoms with Gasteiger partial charge in [-0.05, 0) is 79.7 Å². The zero-order valence-corrected chi connectivity index (χ0v) is 29.6. The molecule has 3 heterocycles. The lowest BCUT2D eigenvalue weighted by Crippen LogP contribution is -2.53. The lowest BCUT2D eigenvalue weighted by Gasteiger charge is -2.41. The third-order valence-electron chi connectivity index (χ3n) is 11.1. The van der Waals surface area contributed by atoms with Crippen molar-refractivity contribution in [1.29, 1.82) is 0 Å². The van der Waals surface area contributed by atoms with Crippen LogP contribution < -0.4 is 10.6 Å². The lowest BCUT2D eigenvalue weighted by atomic mass is 9.90. The van der Waals surface area contributed by atoms with E-state index in [4.69, 9.17) is 0 Å². The van der Waals surface area contributed by atoms with Gasteiger partial charge < -0.3 is 25.3 Å². The van der Waals surface area contributed by atoms with Crippen molar-refractivity contribution >= 4 is 23.9 Å². The van der Waals surface area contributed by atoms with Crippen LogP contribution in [0.2, 0.25) is 0 Å². The van der Waals surface area contributed by atoms with Crippen LogP contribution in [0.15, 0.2) is 42.5 Å². The number of benzene rings is 2. The Morgan fingerprint density at radius 3 is 2.25 bits per heavy atom. The van der Waals surface area contributed by atoms with E-state index in [2.05, 4.69) is 59.7 Å². The second-order valence-corrected chi connectivity index (χ2v) is 13.9. The van der Waals surface area contributed by atoms with E-state index in [1.807, 2.05) is 33.9 Å². The summed E-state index contributed by atoms with van der Waals surface area (Å²) in [5.41, 5.74) is 6.11. The number of hydrogen-bond donors (Lipinski definition) is 2. The number of carbonyl (C=O) groups excluding carboxylic acids is 3. The third kappa shape index (κ3) is 9.17. The molecule has 2 aromatic rings. The summed E-state index contributed by atoms with van der Waals surface area (Å²) in [6.07, 6.45) is 8.04. The molecule has 0 radical (unpaired) electrons. The predicted molar refractivity (Wildman–Crippen MR) is 193 cm³/mol. The Bertz CT molecular complexity index is 1340. The summed E-state index contributed by atoms with van der Waals surface area (Å²) in [7, 11) is 1.92. The first-order chi connectivity index (χ1) is 23.4. The summed E-state index contributed by atoms with van der Waals surface area (Å²) in [5, 5.41) is 6.68. The first kappa shape index (κ1) is 35.9. The zero-order chi connectivity index (χ0) is 33.9. The van der Waals surface area contributed by atoms with Crippen LogP contribution in [0.1, 0.15) is 68.2 Å². The Balaban J connectivity index is 1.20. The van der Waals surface area contributed by atoms with Crippen molar-refractivity contribution in [3.05, 3.63) is 64.7 Å². The van der Waals surface area contributed by atoms with Gasteiger partial charge in [-0.3, -0.25) is 19.3 Å². The fourth-order valence-corrected chi connectivity index (χ4v) is 8.11. The van der Waals surface area contributed by atoms with Crippen molar-refractivity contribution in [3.63, 3.8) is 0 Å². The highest BCUT2D eigenvalue weighted by atomic mass is 16.2. The highest BCUT2D eigenvalue weighted by molar-refractivity contribution is 5.86. The van der Waals surface area contributed by atoms with Crippen molar-refractivity contribution in [1.82, 2.24) is 24.9 Å². The van der Waals surface area contributed by atoms with Crippen LogP contribution in [0.3, 0.4) is 0 Å². The molecule has 5 rings (SSSR count). The van der Waals surface area contributed by atoms with Crippen molar-refractivity contribution < 1.29 is 14.4 Å². The molecule has 0 bridgehead atoms. The van der Waals surface area contributed by atoms with E-state index in [0.29, 0.717) is 32.1 Å². The van der Waals surface area contributed by atoms with Crippen LogP contribution in [-0.4, -0.2) is 116 Å². The summed E-state index contributed by atoms with van der Waals surface area (Å²) >= 11 is 0. The zero-order valence-electron chi connectivity index (χ0n) is 29.6. The second kappa shape index (κ2) is 17.8. The minimum atomic E-state index is -0.373. The molecule has 0 spiro atoms. The van der Waals surface area contributed by atoms with Gasteiger partial charge in [0.15, 0.2) is 0 Å². The summed E-state index contributed by atoms with van der Waals surface area (Å²) < 4.78 is 0. The van der Waals surface area contributed by atoms with Crippen LogP contribution in [-0.2, 0) is 40.1 Å². The van der Waals surface area contributed by atoms with Gasteiger partial charge >= 0.3 is 0 Å².